The van der Waals surface area contributed by atoms with Crippen LogP contribution in [-0.4, -0.2) is 4.98 Å². The van der Waals surface area contributed by atoms with Crippen LogP contribution in [0.5, 0.6) is 0 Å². The number of nitrogens with zero attached hydrogens (tertiary/aromatic N) is 1. The Morgan fingerprint density at radius 3 is 2.76 bits per heavy atom. The fourth-order valence-electron chi connectivity index (χ4n) is 2.40. The van der Waals surface area contributed by atoms with Gasteiger partial charge in [-0.1, -0.05) is 28.1 Å². The zero-order valence-electron chi connectivity index (χ0n) is 9.58. The van der Waals surface area contributed by atoms with Gasteiger partial charge >= 0.3 is 0 Å². The Bertz CT molecular complexity index is 533. The molecule has 1 nitrogen and oxygen atoms in total. The van der Waals surface area contributed by atoms with E-state index in [-0.39, 0.29) is 0 Å². The third-order valence-corrected chi connectivity index (χ3v) is 5.06. The molecule has 0 unspecified atom stereocenters. The monoisotopic (exact) mass is 307 g/mol. The summed E-state index contributed by atoms with van der Waals surface area (Å²) in [6, 6.07) is 6.84. The largest absolute Gasteiger partial charge is 0.240 e. The van der Waals surface area contributed by atoms with Gasteiger partial charge in [0.15, 0.2) is 0 Å². The molecule has 0 atom stereocenters. The highest BCUT2D eigenvalue weighted by atomic mass is 79.9. The highest BCUT2D eigenvalue weighted by molar-refractivity contribution is 9.08. The molecule has 0 fully saturated rings. The van der Waals surface area contributed by atoms with Crippen molar-refractivity contribution in [3.8, 4) is 11.3 Å². The lowest BCUT2D eigenvalue weighted by molar-refractivity contribution is 0.686. The summed E-state index contributed by atoms with van der Waals surface area (Å²) < 4.78 is 0. The lowest BCUT2D eigenvalue weighted by atomic mass is 9.90. The summed E-state index contributed by atoms with van der Waals surface area (Å²) in [6.07, 6.45) is 5.16. The predicted octanol–water partition coefficient (Wildman–Crippen LogP) is 4.58. The molecule has 17 heavy (non-hydrogen) atoms. The molecule has 0 saturated heterocycles. The van der Waals surface area contributed by atoms with E-state index in [0.717, 1.165) is 16.0 Å². The van der Waals surface area contributed by atoms with Gasteiger partial charge in [-0.3, -0.25) is 0 Å². The van der Waals surface area contributed by atoms with Crippen LogP contribution in [0, 0.1) is 0 Å². The van der Waals surface area contributed by atoms with Crippen molar-refractivity contribution in [2.75, 3.05) is 0 Å². The second-order valence-corrected chi connectivity index (χ2v) is 5.95. The molecule has 0 bridgehead atoms. The van der Waals surface area contributed by atoms with Gasteiger partial charge in [-0.2, -0.15) is 0 Å². The SMILES string of the molecule is BrCc1nc(-c2ccc3c(c2)CCCC3)cs1. The van der Waals surface area contributed by atoms with Gasteiger partial charge in [0.25, 0.3) is 0 Å². The molecule has 3 heteroatoms. The third kappa shape index (κ3) is 2.31. The average Bonchev–Trinajstić information content (AvgIpc) is 2.87. The zero-order valence-corrected chi connectivity index (χ0v) is 12.0. The van der Waals surface area contributed by atoms with E-state index in [9.17, 15) is 0 Å². The van der Waals surface area contributed by atoms with Crippen molar-refractivity contribution in [3.05, 3.63) is 39.7 Å². The van der Waals surface area contributed by atoms with Gasteiger partial charge < -0.3 is 0 Å². The number of aryl methyl sites for hydroxylation is 2. The van der Waals surface area contributed by atoms with Crippen LogP contribution in [0.4, 0.5) is 0 Å². The van der Waals surface area contributed by atoms with Crippen molar-refractivity contribution in [1.82, 2.24) is 4.98 Å². The second kappa shape index (κ2) is 4.91. The maximum atomic E-state index is 4.62. The van der Waals surface area contributed by atoms with E-state index in [0.29, 0.717) is 0 Å². The Hall–Kier alpha value is -0.670. The number of aromatic nitrogens is 1. The van der Waals surface area contributed by atoms with Gasteiger partial charge in [-0.15, -0.1) is 11.3 Å². The number of fused-ring (bicyclic) bond motifs is 1. The number of halogens is 1. The molecule has 1 aromatic heterocycles. The van der Waals surface area contributed by atoms with Crippen LogP contribution in [0.3, 0.4) is 0 Å². The van der Waals surface area contributed by atoms with Crippen LogP contribution in [0.25, 0.3) is 11.3 Å². The van der Waals surface area contributed by atoms with E-state index in [4.69, 9.17) is 0 Å². The van der Waals surface area contributed by atoms with E-state index < -0.39 is 0 Å². The minimum absolute atomic E-state index is 0.850. The number of alkyl halides is 1. The molecule has 2 aromatic rings. The van der Waals surface area contributed by atoms with Crippen molar-refractivity contribution >= 4 is 27.3 Å². The molecule has 1 aliphatic carbocycles. The van der Waals surface area contributed by atoms with Gasteiger partial charge in [0.1, 0.15) is 5.01 Å². The molecule has 0 saturated carbocycles. The van der Waals surface area contributed by atoms with Gasteiger partial charge in [-0.05, 0) is 42.9 Å². The van der Waals surface area contributed by atoms with Crippen molar-refractivity contribution < 1.29 is 0 Å². The molecular formula is C14H14BrNS. The topological polar surface area (TPSA) is 12.9 Å². The molecule has 0 N–H and O–H groups in total. The first-order valence-corrected chi connectivity index (χ1v) is 7.99. The Morgan fingerprint density at radius 2 is 2.00 bits per heavy atom. The summed E-state index contributed by atoms with van der Waals surface area (Å²) in [6.45, 7) is 0. The van der Waals surface area contributed by atoms with E-state index in [2.05, 4.69) is 44.5 Å². The number of hydrogen-bond donors (Lipinski definition) is 0. The van der Waals surface area contributed by atoms with Crippen molar-refractivity contribution in [2.24, 2.45) is 0 Å². The Morgan fingerprint density at radius 1 is 1.18 bits per heavy atom. The zero-order chi connectivity index (χ0) is 11.7. The number of hydrogen-bond acceptors (Lipinski definition) is 2. The molecule has 1 heterocycles. The Kier molecular flexibility index (Phi) is 3.30. The van der Waals surface area contributed by atoms with E-state index in [1.165, 1.54) is 42.4 Å². The second-order valence-electron chi connectivity index (χ2n) is 4.45. The molecule has 0 radical (unpaired) electrons. The summed E-state index contributed by atoms with van der Waals surface area (Å²) in [4.78, 5) is 4.62. The van der Waals surface area contributed by atoms with Crippen LogP contribution in [0.15, 0.2) is 23.6 Å². The van der Waals surface area contributed by atoms with Gasteiger partial charge in [0.05, 0.1) is 11.0 Å². The van der Waals surface area contributed by atoms with Crippen molar-refractivity contribution in [2.45, 2.75) is 31.0 Å². The van der Waals surface area contributed by atoms with Crippen LogP contribution in [-0.2, 0) is 18.2 Å². The minimum atomic E-state index is 0.850. The maximum absolute atomic E-state index is 4.62. The van der Waals surface area contributed by atoms with E-state index >= 15 is 0 Å². The van der Waals surface area contributed by atoms with Gasteiger partial charge in [0.2, 0.25) is 0 Å². The van der Waals surface area contributed by atoms with Crippen LogP contribution in [0.1, 0.15) is 29.0 Å². The molecule has 88 valence electrons. The first kappa shape index (κ1) is 11.4. The molecule has 3 rings (SSSR count). The first-order chi connectivity index (χ1) is 8.36. The number of thiazole rings is 1. The quantitative estimate of drug-likeness (QED) is 0.740. The summed E-state index contributed by atoms with van der Waals surface area (Å²) in [5.41, 5.74) is 5.46. The lowest BCUT2D eigenvalue weighted by Gasteiger charge is -2.16. The first-order valence-electron chi connectivity index (χ1n) is 5.99. The fraction of sp³-hybridized carbons (Fsp3) is 0.357. The molecule has 0 spiro atoms. The molecule has 0 aliphatic heterocycles. The fourth-order valence-corrected chi connectivity index (χ4v) is 3.57. The molecule has 0 amide bonds. The predicted molar refractivity (Wildman–Crippen MR) is 76.8 cm³/mol. The third-order valence-electron chi connectivity index (χ3n) is 3.31. The van der Waals surface area contributed by atoms with Crippen molar-refractivity contribution in [3.63, 3.8) is 0 Å². The Balaban J connectivity index is 1.97. The summed E-state index contributed by atoms with van der Waals surface area (Å²) >= 11 is 5.18. The van der Waals surface area contributed by atoms with Crippen LogP contribution in [0.2, 0.25) is 0 Å². The summed E-state index contributed by atoms with van der Waals surface area (Å²) in [5, 5.41) is 4.15. The minimum Gasteiger partial charge on any atom is -0.240 e. The lowest BCUT2D eigenvalue weighted by Crippen LogP contribution is -2.02. The standard InChI is InChI=1S/C14H14BrNS/c15-8-14-16-13(9-17-14)12-6-5-10-3-1-2-4-11(10)7-12/h5-7,9H,1-4,8H2. The van der Waals surface area contributed by atoms with E-state index in [1.54, 1.807) is 11.3 Å². The van der Waals surface area contributed by atoms with Crippen LogP contribution >= 0.6 is 27.3 Å². The summed E-state index contributed by atoms with van der Waals surface area (Å²) in [7, 11) is 0. The maximum Gasteiger partial charge on any atom is 0.104 e. The number of rotatable bonds is 2. The molecule has 1 aromatic carbocycles. The van der Waals surface area contributed by atoms with Gasteiger partial charge in [0, 0.05) is 10.9 Å². The van der Waals surface area contributed by atoms with Crippen molar-refractivity contribution in [1.29, 1.82) is 0 Å². The van der Waals surface area contributed by atoms with Crippen LogP contribution < -0.4 is 0 Å². The summed E-state index contributed by atoms with van der Waals surface area (Å²) in [5.74, 6) is 0. The highest BCUT2D eigenvalue weighted by Crippen LogP contribution is 2.28. The average molecular weight is 308 g/mol. The Labute approximate surface area is 114 Å². The number of benzene rings is 1. The molecular weight excluding hydrogens is 294 g/mol. The molecule has 1 aliphatic rings. The van der Waals surface area contributed by atoms with Gasteiger partial charge in [-0.25, -0.2) is 4.98 Å². The normalized spacial score (nSPS) is 14.6. The van der Waals surface area contributed by atoms with E-state index in [1.807, 2.05) is 0 Å². The highest BCUT2D eigenvalue weighted by Gasteiger charge is 2.11. The smallest absolute Gasteiger partial charge is 0.104 e.